The first-order chi connectivity index (χ1) is 11.1. The van der Waals surface area contributed by atoms with E-state index in [0.29, 0.717) is 11.5 Å². The zero-order chi connectivity index (χ0) is 16.4. The third-order valence-electron chi connectivity index (χ3n) is 4.18. The number of carbonyl (C=O) groups excluding carboxylic acids is 1. The van der Waals surface area contributed by atoms with Crippen molar-refractivity contribution in [1.82, 2.24) is 25.5 Å². The number of nitrogens with one attached hydrogen (secondary N) is 1. The Balaban J connectivity index is 1.78. The predicted molar refractivity (Wildman–Crippen MR) is 81.3 cm³/mol. The number of aryl methyl sites for hydroxylation is 1. The highest BCUT2D eigenvalue weighted by Gasteiger charge is 2.28. The Labute approximate surface area is 133 Å². The number of hydrogen-bond donors (Lipinski definition) is 1. The molecule has 1 heterocycles. The minimum absolute atomic E-state index is 0.0452. The Morgan fingerprint density at radius 2 is 2.09 bits per heavy atom. The number of aromatic nitrogens is 4. The van der Waals surface area contributed by atoms with E-state index in [4.69, 9.17) is 9.47 Å². The van der Waals surface area contributed by atoms with E-state index < -0.39 is 6.04 Å². The summed E-state index contributed by atoms with van der Waals surface area (Å²) in [4.78, 5) is 12.4. The normalized spacial score (nSPS) is 17.4. The summed E-state index contributed by atoms with van der Waals surface area (Å²) in [5.74, 6) is 1.26. The van der Waals surface area contributed by atoms with Gasteiger partial charge in [-0.1, -0.05) is 0 Å². The summed E-state index contributed by atoms with van der Waals surface area (Å²) in [6.45, 7) is 1.76. The molecule has 8 nitrogen and oxygen atoms in total. The number of rotatable bonds is 5. The van der Waals surface area contributed by atoms with E-state index in [9.17, 15) is 4.79 Å². The maximum absolute atomic E-state index is 12.4. The first-order valence-corrected chi connectivity index (χ1v) is 7.41. The second-order valence-electron chi connectivity index (χ2n) is 5.47. The molecule has 0 spiro atoms. The molecular formula is C15H19N5O3. The van der Waals surface area contributed by atoms with E-state index in [2.05, 4.69) is 20.8 Å². The first kappa shape index (κ1) is 15.3. The Bertz CT molecular complexity index is 701. The summed E-state index contributed by atoms with van der Waals surface area (Å²) in [5, 5.41) is 13.9. The van der Waals surface area contributed by atoms with Crippen LogP contribution < -0.4 is 14.8 Å². The van der Waals surface area contributed by atoms with Crippen LogP contribution in [0.15, 0.2) is 18.5 Å². The van der Waals surface area contributed by atoms with Gasteiger partial charge >= 0.3 is 0 Å². The molecule has 1 aromatic heterocycles. The van der Waals surface area contributed by atoms with Gasteiger partial charge in [-0.15, -0.1) is 5.10 Å². The van der Waals surface area contributed by atoms with Gasteiger partial charge in [0.2, 0.25) is 5.91 Å². The van der Waals surface area contributed by atoms with Gasteiger partial charge in [0.25, 0.3) is 0 Å². The van der Waals surface area contributed by atoms with E-state index in [-0.39, 0.29) is 11.9 Å². The number of ether oxygens (including phenoxy) is 2. The van der Waals surface area contributed by atoms with Crippen LogP contribution in [0.5, 0.6) is 11.5 Å². The van der Waals surface area contributed by atoms with Crippen molar-refractivity contribution in [3.05, 3.63) is 29.6 Å². The molecule has 0 radical (unpaired) electrons. The van der Waals surface area contributed by atoms with Crippen molar-refractivity contribution < 1.29 is 14.3 Å². The maximum atomic E-state index is 12.4. The third-order valence-corrected chi connectivity index (χ3v) is 4.18. The highest BCUT2D eigenvalue weighted by Crippen LogP contribution is 2.39. The van der Waals surface area contributed by atoms with E-state index in [0.717, 1.165) is 18.4 Å². The summed E-state index contributed by atoms with van der Waals surface area (Å²) in [7, 11) is 3.22. The van der Waals surface area contributed by atoms with Crippen LogP contribution in [0.4, 0.5) is 0 Å². The van der Waals surface area contributed by atoms with Crippen molar-refractivity contribution in [2.75, 3.05) is 14.2 Å². The molecule has 2 atom stereocenters. The molecule has 23 heavy (non-hydrogen) atoms. The fourth-order valence-corrected chi connectivity index (χ4v) is 2.84. The van der Waals surface area contributed by atoms with Crippen molar-refractivity contribution in [3.63, 3.8) is 0 Å². The van der Waals surface area contributed by atoms with Crippen molar-refractivity contribution in [2.45, 2.75) is 31.8 Å². The number of amides is 1. The number of methoxy groups -OCH3 is 2. The molecular weight excluding hydrogens is 298 g/mol. The summed E-state index contributed by atoms with van der Waals surface area (Å²) >= 11 is 0. The van der Waals surface area contributed by atoms with Crippen LogP contribution in [-0.4, -0.2) is 40.3 Å². The Morgan fingerprint density at radius 1 is 1.35 bits per heavy atom. The molecule has 3 rings (SSSR count). The average Bonchev–Trinajstić information content (AvgIpc) is 3.23. The Morgan fingerprint density at radius 3 is 2.74 bits per heavy atom. The maximum Gasteiger partial charge on any atom is 0.245 e. The van der Waals surface area contributed by atoms with Crippen molar-refractivity contribution in [1.29, 1.82) is 0 Å². The molecule has 1 N–H and O–H groups in total. The van der Waals surface area contributed by atoms with Crippen LogP contribution in [0.25, 0.3) is 0 Å². The van der Waals surface area contributed by atoms with Gasteiger partial charge in [0.15, 0.2) is 11.5 Å². The van der Waals surface area contributed by atoms with Gasteiger partial charge < -0.3 is 14.8 Å². The quantitative estimate of drug-likeness (QED) is 0.886. The van der Waals surface area contributed by atoms with Crippen molar-refractivity contribution in [2.24, 2.45) is 0 Å². The summed E-state index contributed by atoms with van der Waals surface area (Å²) in [6, 6.07) is 3.41. The highest BCUT2D eigenvalue weighted by molar-refractivity contribution is 5.80. The summed E-state index contributed by atoms with van der Waals surface area (Å²) in [5.41, 5.74) is 2.24. The van der Waals surface area contributed by atoms with Crippen LogP contribution in [0.2, 0.25) is 0 Å². The Kier molecular flexibility index (Phi) is 4.14. The van der Waals surface area contributed by atoms with Crippen LogP contribution in [0.3, 0.4) is 0 Å². The summed E-state index contributed by atoms with van der Waals surface area (Å²) < 4.78 is 12.1. The molecule has 1 amide bonds. The molecule has 0 saturated carbocycles. The van der Waals surface area contributed by atoms with Crippen molar-refractivity contribution >= 4 is 5.91 Å². The van der Waals surface area contributed by atoms with Crippen molar-refractivity contribution in [3.8, 4) is 11.5 Å². The molecule has 0 bridgehead atoms. The lowest BCUT2D eigenvalue weighted by molar-refractivity contribution is -0.124. The number of fused-ring (bicyclic) bond motifs is 1. The van der Waals surface area contributed by atoms with Gasteiger partial charge in [-0.2, -0.15) is 0 Å². The number of nitrogens with zero attached hydrogens (tertiary/aromatic N) is 4. The molecule has 1 aliphatic rings. The molecule has 2 aromatic rings. The zero-order valence-electron chi connectivity index (χ0n) is 13.3. The lowest BCUT2D eigenvalue weighted by atomic mass is 10.1. The molecule has 1 aliphatic carbocycles. The van der Waals surface area contributed by atoms with E-state index in [1.807, 2.05) is 12.1 Å². The van der Waals surface area contributed by atoms with E-state index >= 15 is 0 Å². The van der Waals surface area contributed by atoms with Crippen LogP contribution in [0.1, 0.15) is 36.6 Å². The molecule has 0 aliphatic heterocycles. The molecule has 8 heteroatoms. The highest BCUT2D eigenvalue weighted by atomic mass is 16.5. The molecule has 1 aromatic carbocycles. The zero-order valence-corrected chi connectivity index (χ0v) is 13.3. The SMILES string of the molecule is COc1cc2c(cc1OC)[C@H](NC(=O)[C@H](C)n1cnnn1)CC2. The van der Waals surface area contributed by atoms with Crippen LogP contribution in [0, 0.1) is 0 Å². The van der Waals surface area contributed by atoms with Gasteiger partial charge in [-0.3, -0.25) is 4.79 Å². The van der Waals surface area contributed by atoms with Crippen LogP contribution >= 0.6 is 0 Å². The van der Waals surface area contributed by atoms with E-state index in [1.165, 1.54) is 16.6 Å². The number of benzene rings is 1. The standard InChI is InChI=1S/C15H19N5O3/c1-9(20-8-16-18-19-20)15(21)17-12-5-4-10-6-13(22-2)14(23-3)7-11(10)12/h6-9,12H,4-5H2,1-3H3,(H,17,21)/t9-,12+/m0/s1. The predicted octanol–water partition coefficient (Wildman–Crippen LogP) is 1.05. The minimum Gasteiger partial charge on any atom is -0.493 e. The van der Waals surface area contributed by atoms with E-state index in [1.54, 1.807) is 21.1 Å². The lowest BCUT2D eigenvalue weighted by Crippen LogP contribution is -2.33. The minimum atomic E-state index is -0.464. The van der Waals surface area contributed by atoms with Gasteiger partial charge in [0, 0.05) is 0 Å². The third kappa shape index (κ3) is 2.84. The van der Waals surface area contributed by atoms with Gasteiger partial charge in [0.1, 0.15) is 12.4 Å². The second kappa shape index (κ2) is 6.23. The number of hydrogen-bond acceptors (Lipinski definition) is 6. The molecule has 122 valence electrons. The van der Waals surface area contributed by atoms with Gasteiger partial charge in [-0.05, 0) is 53.5 Å². The van der Waals surface area contributed by atoms with Gasteiger partial charge in [-0.25, -0.2) is 4.68 Å². The van der Waals surface area contributed by atoms with Gasteiger partial charge in [0.05, 0.1) is 20.3 Å². The monoisotopic (exact) mass is 317 g/mol. The molecule has 0 fully saturated rings. The topological polar surface area (TPSA) is 91.2 Å². The summed E-state index contributed by atoms with van der Waals surface area (Å²) in [6.07, 6.45) is 3.17. The number of tetrazole rings is 1. The number of carbonyl (C=O) groups is 1. The van der Waals surface area contributed by atoms with Crippen LogP contribution in [-0.2, 0) is 11.2 Å². The second-order valence-corrected chi connectivity index (χ2v) is 5.47. The average molecular weight is 317 g/mol. The Hall–Kier alpha value is -2.64. The smallest absolute Gasteiger partial charge is 0.245 e. The first-order valence-electron chi connectivity index (χ1n) is 7.41. The molecule has 0 unspecified atom stereocenters. The fraction of sp³-hybridized carbons (Fsp3) is 0.467. The lowest BCUT2D eigenvalue weighted by Gasteiger charge is -2.18. The molecule has 0 saturated heterocycles. The largest absolute Gasteiger partial charge is 0.493 e. The fourth-order valence-electron chi connectivity index (χ4n) is 2.84.